The van der Waals surface area contributed by atoms with Gasteiger partial charge in [-0.15, -0.1) is 0 Å². The van der Waals surface area contributed by atoms with Gasteiger partial charge >= 0.3 is 0 Å². The topological polar surface area (TPSA) is 184 Å². The number of aromatic nitrogens is 8. The Labute approximate surface area is 629 Å². The van der Waals surface area contributed by atoms with Crippen molar-refractivity contribution in [2.24, 2.45) is 10.9 Å². The van der Waals surface area contributed by atoms with Crippen LogP contribution >= 0.6 is 34.6 Å². The zero-order valence-electron chi connectivity index (χ0n) is 71.5. The number of aromatic amines is 1. The molecule has 0 bridgehead atoms. The molecule has 0 aliphatic carbocycles. The molecule has 10 heterocycles. The molecule has 0 saturated carbocycles. The van der Waals surface area contributed by atoms with Gasteiger partial charge in [-0.1, -0.05) is 298 Å². The molecule has 1 N–H and O–H groups in total. The minimum Gasteiger partial charge on any atom is -0.472 e. The van der Waals surface area contributed by atoms with Crippen LogP contribution in [0.25, 0.3) is 0 Å². The molecule has 0 saturated heterocycles. The standard InChI is InChI=1S/C7H11N.2C7H10O.C6H10N2.3C6H9NO.3C6H9NS.10C2H6/c2*1-6(2)7-3-4-8-5-7;1-6(2)7-4-3-5-8-7;1-5(2)6-3-4-7-8-6;1-5(2)6-3-7-8-4-6;1-5(2)6-3-4-8-7-6;1-5(2)6-3-4-7-8-6;1-5(2)6-3-7-8-4-6;1-5(2)6-3-4-8-7-6;1-5(2)6-3-4-7-8-6;10*1-2/h3,5-6H,4H2,1-2H3;2*3-6H,1-2H3;3-5H,1-2H3,(H,7,8);6*3-5H,1-2H3;10*1-2H3. The van der Waals surface area contributed by atoms with Gasteiger partial charge in [-0.3, -0.25) is 10.1 Å². The fraction of sp³-hybridized carbons (Fsp3) is 0.614. The van der Waals surface area contributed by atoms with E-state index >= 15 is 0 Å². The molecule has 0 fully saturated rings. The zero-order valence-corrected chi connectivity index (χ0v) is 74.0. The zero-order chi connectivity index (χ0) is 79.8. The van der Waals surface area contributed by atoms with Crippen LogP contribution in [0.1, 0.15) is 380 Å². The number of nitrogens with one attached hydrogen (secondary N) is 1. The first-order valence-corrected chi connectivity index (χ1v) is 40.1. The molecule has 0 spiro atoms. The molecule has 0 aromatic carbocycles. The van der Waals surface area contributed by atoms with Gasteiger partial charge in [-0.2, -0.15) is 9.47 Å². The fourth-order valence-electron chi connectivity index (χ4n) is 5.65. The van der Waals surface area contributed by atoms with Gasteiger partial charge in [-0.25, -0.2) is 8.75 Å². The number of furan rings is 2. The number of rotatable bonds is 10. The van der Waals surface area contributed by atoms with Crippen LogP contribution in [-0.2, 0) is 0 Å². The van der Waals surface area contributed by atoms with Crippen molar-refractivity contribution in [3.8, 4) is 0 Å². The summed E-state index contributed by atoms with van der Waals surface area (Å²) >= 11 is 4.62. The van der Waals surface area contributed by atoms with E-state index in [-0.39, 0.29) is 0 Å². The molecule has 100 heavy (non-hydrogen) atoms. The summed E-state index contributed by atoms with van der Waals surface area (Å²) in [6, 6.07) is 15.8. The van der Waals surface area contributed by atoms with E-state index in [1.165, 1.54) is 56.0 Å². The van der Waals surface area contributed by atoms with E-state index in [1.807, 2.05) is 199 Å². The molecule has 0 unspecified atom stereocenters. The average molecular weight is 1460 g/mol. The molecule has 17 heteroatoms. The summed E-state index contributed by atoms with van der Waals surface area (Å²) in [7, 11) is 0. The molecule has 14 nitrogen and oxygen atoms in total. The lowest BCUT2D eigenvalue weighted by atomic mass is 10.1. The maximum atomic E-state index is 5.09. The van der Waals surface area contributed by atoms with Crippen molar-refractivity contribution in [2.45, 2.75) is 330 Å². The van der Waals surface area contributed by atoms with Gasteiger partial charge in [0.15, 0.2) is 0 Å². The van der Waals surface area contributed by atoms with Crippen molar-refractivity contribution < 1.29 is 22.4 Å². The number of nitrogens with zero attached hydrogens (tertiary/aromatic N) is 8. The Morgan fingerprint density at radius 1 is 0.420 bits per heavy atom. The number of H-pyrrole nitrogens is 1. The average Bonchev–Trinajstić information content (AvgIpc) is 3.90. The SMILES string of the molecule is CC.CC.CC.CC.CC.CC.CC.CC.CC.CC.CC(C)C1=CCN=C1.CC(C)c1ccco1.CC(C)c1ccn[nH]1.CC(C)c1ccno1.CC(C)c1ccns1.CC(C)c1ccoc1.CC(C)c1ccon1.CC(C)c1ccsn1.CC(C)c1cnoc1.CC(C)c1cnsc1. The van der Waals surface area contributed by atoms with Crippen LogP contribution < -0.4 is 0 Å². The Hall–Kier alpha value is -6.30. The van der Waals surface area contributed by atoms with Crippen LogP contribution in [0.3, 0.4) is 0 Å². The van der Waals surface area contributed by atoms with Crippen LogP contribution in [0, 0.1) is 5.92 Å². The number of allylic oxidation sites excluding steroid dienone is 1. The Kier molecular flexibility index (Phi) is 102. The second-order valence-electron chi connectivity index (χ2n) is 21.4. The van der Waals surface area contributed by atoms with Gasteiger partial charge in [-0.05, 0) is 135 Å². The van der Waals surface area contributed by atoms with Crippen molar-refractivity contribution in [3.63, 3.8) is 0 Å². The smallest absolute Gasteiger partial charge is 0.139 e. The van der Waals surface area contributed by atoms with E-state index in [2.05, 4.69) is 215 Å². The van der Waals surface area contributed by atoms with Gasteiger partial charge < -0.3 is 22.4 Å². The summed E-state index contributed by atoms with van der Waals surface area (Å²) in [6.07, 6.45) is 21.5. The fourth-order valence-corrected chi connectivity index (χ4v) is 7.58. The normalized spacial score (nSPS) is 9.48. The van der Waals surface area contributed by atoms with Gasteiger partial charge in [0, 0.05) is 75.7 Å². The molecular formula is C83H155N9O5S3. The first kappa shape index (κ1) is 115. The first-order chi connectivity index (χ1) is 48.0. The molecule has 1 aliphatic rings. The van der Waals surface area contributed by atoms with Crippen LogP contribution in [0.5, 0.6) is 0 Å². The third-order valence-electron chi connectivity index (χ3n) is 11.2. The van der Waals surface area contributed by atoms with Crippen molar-refractivity contribution in [2.75, 3.05) is 6.54 Å². The van der Waals surface area contributed by atoms with Crippen molar-refractivity contribution in [1.29, 1.82) is 0 Å². The summed E-state index contributed by atoms with van der Waals surface area (Å²) in [4.78, 5) is 5.43. The third kappa shape index (κ3) is 70.1. The van der Waals surface area contributed by atoms with E-state index in [4.69, 9.17) is 13.4 Å². The van der Waals surface area contributed by atoms with Gasteiger partial charge in [0.2, 0.25) is 0 Å². The first-order valence-electron chi connectivity index (χ1n) is 37.7. The van der Waals surface area contributed by atoms with E-state index in [1.54, 1.807) is 61.4 Å². The highest BCUT2D eigenvalue weighted by molar-refractivity contribution is 7.05. The number of hydrogen-bond acceptors (Lipinski definition) is 16. The number of hydrogen-bond donors (Lipinski definition) is 1. The minimum absolute atomic E-state index is 0.456. The summed E-state index contributed by atoms with van der Waals surface area (Å²) in [5, 5.41) is 21.7. The van der Waals surface area contributed by atoms with E-state index < -0.39 is 0 Å². The lowest BCUT2D eigenvalue weighted by Gasteiger charge is -1.98. The molecule has 1 aliphatic heterocycles. The van der Waals surface area contributed by atoms with E-state index in [0.717, 1.165) is 29.3 Å². The molecule has 580 valence electrons. The Bertz CT molecular complexity index is 2140. The van der Waals surface area contributed by atoms with Crippen molar-refractivity contribution in [3.05, 3.63) is 183 Å². The van der Waals surface area contributed by atoms with Crippen LogP contribution in [0.15, 0.2) is 161 Å². The molecule has 10 rings (SSSR count). The summed E-state index contributed by atoms with van der Waals surface area (Å²) in [5.41, 5.74) is 8.57. The van der Waals surface area contributed by atoms with Gasteiger partial charge in [0.05, 0.1) is 49.1 Å². The Morgan fingerprint density at radius 3 is 1.18 bits per heavy atom. The summed E-state index contributed by atoms with van der Waals surface area (Å²) < 4.78 is 36.2. The highest BCUT2D eigenvalue weighted by atomic mass is 32.1. The second kappa shape index (κ2) is 88.8. The van der Waals surface area contributed by atoms with E-state index in [0.29, 0.717) is 59.2 Å². The quantitative estimate of drug-likeness (QED) is 0.137. The third-order valence-corrected chi connectivity index (χ3v) is 13.4. The molecular weight excluding hydrogens is 1300 g/mol. The van der Waals surface area contributed by atoms with Crippen LogP contribution in [0.4, 0.5) is 0 Å². The predicted molar refractivity (Wildman–Crippen MR) is 448 cm³/mol. The molecule has 0 amide bonds. The van der Waals surface area contributed by atoms with Crippen LogP contribution in [-0.4, -0.2) is 51.5 Å². The van der Waals surface area contributed by atoms with E-state index in [9.17, 15) is 0 Å². The van der Waals surface area contributed by atoms with Crippen molar-refractivity contribution >= 4 is 40.8 Å². The minimum atomic E-state index is 0.456. The Balaban J connectivity index is -0.000000109. The monoisotopic (exact) mass is 1450 g/mol. The predicted octanol–water partition coefficient (Wildman–Crippen LogP) is 30.4. The Morgan fingerprint density at radius 2 is 0.980 bits per heavy atom. The molecule has 0 radical (unpaired) electrons. The largest absolute Gasteiger partial charge is 0.472 e. The maximum absolute atomic E-state index is 5.09. The highest BCUT2D eigenvalue weighted by Gasteiger charge is 2.04. The van der Waals surface area contributed by atoms with Crippen molar-refractivity contribution in [1.82, 2.24) is 38.8 Å². The second-order valence-corrected chi connectivity index (χ2v) is 23.6. The molecule has 9 aromatic heterocycles. The molecule has 9 aromatic rings. The highest BCUT2D eigenvalue weighted by Crippen LogP contribution is 2.18. The maximum Gasteiger partial charge on any atom is 0.139 e. The lowest BCUT2D eigenvalue weighted by molar-refractivity contribution is 0.371. The summed E-state index contributed by atoms with van der Waals surface area (Å²) in [6.45, 7) is 83.5. The number of aliphatic imine (C=N–C) groups is 1. The van der Waals surface area contributed by atoms with Gasteiger partial charge in [0.25, 0.3) is 0 Å². The summed E-state index contributed by atoms with van der Waals surface area (Å²) in [5.74, 6) is 7.66. The molecule has 0 atom stereocenters. The lowest BCUT2D eigenvalue weighted by Crippen LogP contribution is -1.90. The van der Waals surface area contributed by atoms with Gasteiger partial charge in [0.1, 0.15) is 24.0 Å². The van der Waals surface area contributed by atoms with Crippen LogP contribution in [0.2, 0.25) is 0 Å².